The van der Waals surface area contributed by atoms with Gasteiger partial charge in [0.05, 0.1) is 11.6 Å². The van der Waals surface area contributed by atoms with Gasteiger partial charge in [-0.05, 0) is 78.5 Å². The van der Waals surface area contributed by atoms with Crippen molar-refractivity contribution in [1.82, 2.24) is 5.32 Å². The summed E-state index contributed by atoms with van der Waals surface area (Å²) in [7, 11) is 1.64. The zero-order valence-corrected chi connectivity index (χ0v) is 16.7. The maximum absolute atomic E-state index is 13.1. The number of hydrogen-bond donors (Lipinski definition) is 1. The smallest absolute Gasteiger partial charge is 0.260 e. The number of hydrogen-bond acceptors (Lipinski definition) is 3. The largest absolute Gasteiger partial charge is 0.497 e. The van der Waals surface area contributed by atoms with Crippen molar-refractivity contribution in [2.45, 2.75) is 38.8 Å². The number of methoxy groups -OCH3 is 1. The van der Waals surface area contributed by atoms with E-state index in [2.05, 4.69) is 21.2 Å². The van der Waals surface area contributed by atoms with Crippen LogP contribution in [0.2, 0.25) is 0 Å². The SMILES string of the molecule is COc1ccc(CCC(C)NC(=O)C(C)Oc2ccc(F)cc2Br)cc1. The number of nitrogens with one attached hydrogen (secondary N) is 1. The van der Waals surface area contributed by atoms with Gasteiger partial charge in [-0.2, -0.15) is 0 Å². The zero-order chi connectivity index (χ0) is 19.1. The van der Waals surface area contributed by atoms with E-state index in [0.29, 0.717) is 10.2 Å². The molecular formula is C20H23BrFNO3. The van der Waals surface area contributed by atoms with Gasteiger partial charge in [-0.3, -0.25) is 4.79 Å². The predicted octanol–water partition coefficient (Wildman–Crippen LogP) is 4.50. The summed E-state index contributed by atoms with van der Waals surface area (Å²) >= 11 is 3.23. The van der Waals surface area contributed by atoms with Gasteiger partial charge in [0.1, 0.15) is 17.3 Å². The number of amides is 1. The van der Waals surface area contributed by atoms with E-state index < -0.39 is 6.10 Å². The molecule has 0 aromatic heterocycles. The molecule has 2 atom stereocenters. The first-order valence-corrected chi connectivity index (χ1v) is 9.23. The topological polar surface area (TPSA) is 47.6 Å². The Kier molecular flexibility index (Phi) is 7.45. The Hall–Kier alpha value is -2.08. The van der Waals surface area contributed by atoms with E-state index in [9.17, 15) is 9.18 Å². The molecule has 0 bridgehead atoms. The Bertz CT molecular complexity index is 736. The second-order valence-electron chi connectivity index (χ2n) is 6.13. The highest BCUT2D eigenvalue weighted by Gasteiger charge is 2.18. The highest BCUT2D eigenvalue weighted by molar-refractivity contribution is 9.10. The summed E-state index contributed by atoms with van der Waals surface area (Å²) in [6.07, 6.45) is 0.982. The van der Waals surface area contributed by atoms with Gasteiger partial charge in [-0.1, -0.05) is 12.1 Å². The molecule has 1 amide bonds. The number of carbonyl (C=O) groups excluding carboxylic acids is 1. The summed E-state index contributed by atoms with van der Waals surface area (Å²) in [6, 6.07) is 12.0. The average molecular weight is 424 g/mol. The first-order chi connectivity index (χ1) is 12.4. The lowest BCUT2D eigenvalue weighted by molar-refractivity contribution is -0.127. The van der Waals surface area contributed by atoms with Crippen LogP contribution in [-0.4, -0.2) is 25.2 Å². The molecule has 0 aliphatic carbocycles. The molecule has 0 heterocycles. The molecule has 1 N–H and O–H groups in total. The molecule has 6 heteroatoms. The van der Waals surface area contributed by atoms with Gasteiger partial charge in [-0.25, -0.2) is 4.39 Å². The highest BCUT2D eigenvalue weighted by atomic mass is 79.9. The number of benzene rings is 2. The minimum absolute atomic E-state index is 0.00677. The summed E-state index contributed by atoms with van der Waals surface area (Å²) in [5.41, 5.74) is 1.19. The quantitative estimate of drug-likeness (QED) is 0.679. The number of halogens is 2. The van der Waals surface area contributed by atoms with Crippen LogP contribution in [0.25, 0.3) is 0 Å². The second kappa shape index (κ2) is 9.57. The average Bonchev–Trinajstić information content (AvgIpc) is 2.62. The van der Waals surface area contributed by atoms with E-state index >= 15 is 0 Å². The summed E-state index contributed by atoms with van der Waals surface area (Å²) in [6.45, 7) is 3.63. The van der Waals surface area contributed by atoms with Gasteiger partial charge in [0.25, 0.3) is 5.91 Å². The lowest BCUT2D eigenvalue weighted by Crippen LogP contribution is -2.41. The Balaban J connectivity index is 1.81. The van der Waals surface area contributed by atoms with E-state index in [1.54, 1.807) is 14.0 Å². The van der Waals surface area contributed by atoms with Crippen molar-refractivity contribution < 1.29 is 18.7 Å². The molecule has 2 rings (SSSR count). The van der Waals surface area contributed by atoms with Crippen molar-refractivity contribution in [2.75, 3.05) is 7.11 Å². The second-order valence-corrected chi connectivity index (χ2v) is 6.99. The van der Waals surface area contributed by atoms with E-state index in [4.69, 9.17) is 9.47 Å². The summed E-state index contributed by atoms with van der Waals surface area (Å²) in [4.78, 5) is 12.3. The van der Waals surface area contributed by atoms with Crippen LogP contribution in [0, 0.1) is 5.82 Å². The fourth-order valence-corrected chi connectivity index (χ4v) is 2.87. The third kappa shape index (κ3) is 6.02. The van der Waals surface area contributed by atoms with Crippen molar-refractivity contribution in [2.24, 2.45) is 0 Å². The molecule has 0 radical (unpaired) electrons. The molecule has 0 spiro atoms. The fourth-order valence-electron chi connectivity index (χ4n) is 2.42. The van der Waals surface area contributed by atoms with Crippen LogP contribution < -0.4 is 14.8 Å². The number of aryl methyl sites for hydroxylation is 1. The maximum Gasteiger partial charge on any atom is 0.260 e. The van der Waals surface area contributed by atoms with Crippen LogP contribution in [0.3, 0.4) is 0 Å². The third-order valence-electron chi connectivity index (χ3n) is 3.98. The van der Waals surface area contributed by atoms with Crippen molar-refractivity contribution in [3.63, 3.8) is 0 Å². The van der Waals surface area contributed by atoms with Gasteiger partial charge in [-0.15, -0.1) is 0 Å². The molecule has 0 aliphatic heterocycles. The number of rotatable bonds is 8. The first-order valence-electron chi connectivity index (χ1n) is 8.44. The molecule has 2 aromatic carbocycles. The lowest BCUT2D eigenvalue weighted by atomic mass is 10.1. The van der Waals surface area contributed by atoms with Crippen LogP contribution >= 0.6 is 15.9 Å². The summed E-state index contributed by atoms with van der Waals surface area (Å²) < 4.78 is 24.3. The number of ether oxygens (including phenoxy) is 2. The normalized spacial score (nSPS) is 13.0. The summed E-state index contributed by atoms with van der Waals surface area (Å²) in [5.74, 6) is 0.685. The Morgan fingerprint density at radius 3 is 2.50 bits per heavy atom. The van der Waals surface area contributed by atoms with Gasteiger partial charge in [0.2, 0.25) is 0 Å². The first kappa shape index (κ1) is 20.2. The van der Waals surface area contributed by atoms with Crippen molar-refractivity contribution in [3.8, 4) is 11.5 Å². The van der Waals surface area contributed by atoms with Gasteiger partial charge in [0, 0.05) is 6.04 Å². The molecule has 4 nitrogen and oxygen atoms in total. The lowest BCUT2D eigenvalue weighted by Gasteiger charge is -2.19. The van der Waals surface area contributed by atoms with Crippen LogP contribution in [0.15, 0.2) is 46.9 Å². The van der Waals surface area contributed by atoms with E-state index in [-0.39, 0.29) is 17.8 Å². The van der Waals surface area contributed by atoms with Crippen LogP contribution in [0.4, 0.5) is 4.39 Å². The molecule has 2 unspecified atom stereocenters. The van der Waals surface area contributed by atoms with E-state index in [0.717, 1.165) is 18.6 Å². The van der Waals surface area contributed by atoms with Crippen molar-refractivity contribution in [3.05, 3.63) is 58.3 Å². The highest BCUT2D eigenvalue weighted by Crippen LogP contribution is 2.26. The molecule has 2 aromatic rings. The van der Waals surface area contributed by atoms with Crippen LogP contribution in [0.1, 0.15) is 25.8 Å². The molecule has 140 valence electrons. The van der Waals surface area contributed by atoms with Gasteiger partial charge < -0.3 is 14.8 Å². The van der Waals surface area contributed by atoms with Crippen molar-refractivity contribution in [1.29, 1.82) is 0 Å². The Morgan fingerprint density at radius 2 is 1.88 bits per heavy atom. The molecule has 0 fully saturated rings. The fraction of sp³-hybridized carbons (Fsp3) is 0.350. The van der Waals surface area contributed by atoms with Gasteiger partial charge in [0.15, 0.2) is 6.10 Å². The standard InChI is InChI=1S/C20H23BrFNO3/c1-13(4-5-15-6-9-17(25-3)10-7-15)23-20(24)14(2)26-19-11-8-16(22)12-18(19)21/h6-14H,4-5H2,1-3H3,(H,23,24). The minimum Gasteiger partial charge on any atom is -0.497 e. The van der Waals surface area contributed by atoms with Gasteiger partial charge >= 0.3 is 0 Å². The monoisotopic (exact) mass is 423 g/mol. The minimum atomic E-state index is -0.680. The molecular weight excluding hydrogens is 401 g/mol. The predicted molar refractivity (Wildman–Crippen MR) is 103 cm³/mol. The number of carbonyl (C=O) groups is 1. The van der Waals surface area contributed by atoms with E-state index in [1.807, 2.05) is 31.2 Å². The molecule has 26 heavy (non-hydrogen) atoms. The molecule has 0 saturated carbocycles. The van der Waals surface area contributed by atoms with Crippen molar-refractivity contribution >= 4 is 21.8 Å². The van der Waals surface area contributed by atoms with E-state index in [1.165, 1.54) is 23.8 Å². The molecule has 0 aliphatic rings. The van der Waals surface area contributed by atoms with Crippen LogP contribution in [0.5, 0.6) is 11.5 Å². The molecule has 0 saturated heterocycles. The third-order valence-corrected chi connectivity index (χ3v) is 4.60. The Morgan fingerprint density at radius 1 is 1.19 bits per heavy atom. The zero-order valence-electron chi connectivity index (χ0n) is 15.1. The maximum atomic E-state index is 13.1. The summed E-state index contributed by atoms with van der Waals surface area (Å²) in [5, 5.41) is 2.95. The Labute approximate surface area is 161 Å². The van der Waals surface area contributed by atoms with Crippen LogP contribution in [-0.2, 0) is 11.2 Å².